The van der Waals surface area contributed by atoms with Gasteiger partial charge in [-0.3, -0.25) is 4.79 Å². The molecule has 0 spiro atoms. The van der Waals surface area contributed by atoms with Gasteiger partial charge in [0.2, 0.25) is 5.91 Å². The van der Waals surface area contributed by atoms with Crippen molar-refractivity contribution in [3.05, 3.63) is 28.8 Å². The first kappa shape index (κ1) is 14.9. The van der Waals surface area contributed by atoms with Gasteiger partial charge in [-0.15, -0.1) is 0 Å². The van der Waals surface area contributed by atoms with Crippen LogP contribution in [0.2, 0.25) is 5.02 Å². The lowest BCUT2D eigenvalue weighted by Crippen LogP contribution is -2.20. The molecule has 0 aromatic heterocycles. The predicted octanol–water partition coefficient (Wildman–Crippen LogP) is 3.65. The normalized spacial score (nSPS) is 15.1. The summed E-state index contributed by atoms with van der Waals surface area (Å²) in [5.74, 6) is -0.327. The van der Waals surface area contributed by atoms with Crippen LogP contribution in [0.1, 0.15) is 43.0 Å². The lowest BCUT2D eigenvalue weighted by atomic mass is 10.1. The number of nitrogens with one attached hydrogen (secondary N) is 1. The van der Waals surface area contributed by atoms with Crippen LogP contribution in [0.4, 0.5) is 5.69 Å². The lowest BCUT2D eigenvalue weighted by molar-refractivity contribution is -0.119. The molecule has 0 radical (unpaired) electrons. The number of carbonyl (C=O) groups excluding carboxylic acids is 2. The molecule has 0 unspecified atom stereocenters. The largest absolute Gasteiger partial charge is 0.462 e. The molecule has 1 aromatic carbocycles. The summed E-state index contributed by atoms with van der Waals surface area (Å²) < 4.78 is 4.90. The topological polar surface area (TPSA) is 55.4 Å². The van der Waals surface area contributed by atoms with Gasteiger partial charge in [0.05, 0.1) is 17.2 Å². The van der Waals surface area contributed by atoms with Crippen molar-refractivity contribution >= 4 is 29.2 Å². The minimum atomic E-state index is -0.453. The van der Waals surface area contributed by atoms with E-state index < -0.39 is 5.97 Å². The number of amides is 1. The quantitative estimate of drug-likeness (QED) is 0.863. The van der Waals surface area contributed by atoms with Gasteiger partial charge in [0.15, 0.2) is 0 Å². The fourth-order valence-corrected chi connectivity index (χ4v) is 2.66. The highest BCUT2D eigenvalue weighted by Crippen LogP contribution is 2.27. The molecule has 1 saturated carbocycles. The van der Waals surface area contributed by atoms with Crippen molar-refractivity contribution in [2.24, 2.45) is 5.92 Å². The molecule has 20 heavy (non-hydrogen) atoms. The molecule has 1 N–H and O–H groups in total. The second kappa shape index (κ2) is 6.75. The Morgan fingerprint density at radius 2 is 2.05 bits per heavy atom. The molecular weight excluding hydrogens is 278 g/mol. The first-order valence-corrected chi connectivity index (χ1v) is 7.27. The van der Waals surface area contributed by atoms with E-state index in [0.29, 0.717) is 17.9 Å². The summed E-state index contributed by atoms with van der Waals surface area (Å²) in [7, 11) is 0. The zero-order valence-corrected chi connectivity index (χ0v) is 12.2. The van der Waals surface area contributed by atoms with E-state index in [4.69, 9.17) is 16.3 Å². The van der Waals surface area contributed by atoms with Crippen LogP contribution in [0.25, 0.3) is 0 Å². The van der Waals surface area contributed by atoms with E-state index in [1.54, 1.807) is 25.1 Å². The summed E-state index contributed by atoms with van der Waals surface area (Å²) >= 11 is 6.05. The van der Waals surface area contributed by atoms with Crippen molar-refractivity contribution in [3.63, 3.8) is 0 Å². The highest BCUT2D eigenvalue weighted by Gasteiger charge is 2.23. The Balaban J connectivity index is 2.05. The Morgan fingerprint density at radius 1 is 1.35 bits per heavy atom. The number of rotatable bonds is 4. The maximum absolute atomic E-state index is 12.0. The van der Waals surface area contributed by atoms with E-state index >= 15 is 0 Å². The molecule has 108 valence electrons. The fourth-order valence-electron chi connectivity index (χ4n) is 2.40. The molecule has 0 saturated heterocycles. The van der Waals surface area contributed by atoms with Gasteiger partial charge in [-0.2, -0.15) is 0 Å². The van der Waals surface area contributed by atoms with Crippen LogP contribution in [0.5, 0.6) is 0 Å². The van der Waals surface area contributed by atoms with Crippen molar-refractivity contribution in [2.75, 3.05) is 11.9 Å². The Hall–Kier alpha value is -1.55. The molecule has 0 bridgehead atoms. The standard InChI is InChI=1S/C15H18ClNO3/c1-2-20-15(19)12-8-7-11(9-13(12)16)17-14(18)10-5-3-4-6-10/h7-10H,2-6H2,1H3,(H,17,18). The van der Waals surface area contributed by atoms with Crippen LogP contribution in [-0.2, 0) is 9.53 Å². The van der Waals surface area contributed by atoms with E-state index in [0.717, 1.165) is 25.7 Å². The highest BCUT2D eigenvalue weighted by molar-refractivity contribution is 6.34. The third-order valence-electron chi connectivity index (χ3n) is 3.46. The molecule has 2 rings (SSSR count). The number of hydrogen-bond donors (Lipinski definition) is 1. The van der Waals surface area contributed by atoms with E-state index in [9.17, 15) is 9.59 Å². The van der Waals surface area contributed by atoms with E-state index in [-0.39, 0.29) is 16.8 Å². The zero-order valence-electron chi connectivity index (χ0n) is 11.4. The van der Waals surface area contributed by atoms with Crippen LogP contribution >= 0.6 is 11.6 Å². The minimum Gasteiger partial charge on any atom is -0.462 e. The van der Waals surface area contributed by atoms with Crippen LogP contribution in [-0.4, -0.2) is 18.5 Å². The molecule has 1 fully saturated rings. The van der Waals surface area contributed by atoms with Gasteiger partial charge < -0.3 is 10.1 Å². The van der Waals surface area contributed by atoms with Gasteiger partial charge in [0.1, 0.15) is 0 Å². The molecule has 5 heteroatoms. The molecule has 1 aliphatic rings. The zero-order chi connectivity index (χ0) is 14.5. The first-order valence-electron chi connectivity index (χ1n) is 6.89. The van der Waals surface area contributed by atoms with Crippen molar-refractivity contribution in [2.45, 2.75) is 32.6 Å². The molecule has 0 aliphatic heterocycles. The maximum atomic E-state index is 12.0. The van der Waals surface area contributed by atoms with Crippen LogP contribution < -0.4 is 5.32 Å². The summed E-state index contributed by atoms with van der Waals surface area (Å²) in [5, 5.41) is 3.13. The third-order valence-corrected chi connectivity index (χ3v) is 3.77. The molecule has 4 nitrogen and oxygen atoms in total. The average molecular weight is 296 g/mol. The predicted molar refractivity (Wildman–Crippen MR) is 78.0 cm³/mol. The third kappa shape index (κ3) is 3.51. The maximum Gasteiger partial charge on any atom is 0.339 e. The molecule has 1 aliphatic carbocycles. The second-order valence-electron chi connectivity index (χ2n) is 4.89. The Labute approximate surface area is 123 Å². The minimum absolute atomic E-state index is 0.0300. The van der Waals surface area contributed by atoms with E-state index in [2.05, 4.69) is 5.32 Å². The number of esters is 1. The summed E-state index contributed by atoms with van der Waals surface area (Å²) in [6.45, 7) is 2.04. The smallest absolute Gasteiger partial charge is 0.339 e. The summed E-state index contributed by atoms with van der Waals surface area (Å²) in [6, 6.07) is 4.83. The van der Waals surface area contributed by atoms with E-state index in [1.165, 1.54) is 0 Å². The highest BCUT2D eigenvalue weighted by atomic mass is 35.5. The summed E-state index contributed by atoms with van der Waals surface area (Å²) in [5.41, 5.74) is 0.923. The van der Waals surface area contributed by atoms with Crippen molar-refractivity contribution < 1.29 is 14.3 Å². The summed E-state index contributed by atoms with van der Waals surface area (Å²) in [6.07, 6.45) is 4.11. The van der Waals surface area contributed by atoms with Gasteiger partial charge in [0, 0.05) is 11.6 Å². The number of carbonyl (C=O) groups is 2. The number of benzene rings is 1. The average Bonchev–Trinajstić information content (AvgIpc) is 2.93. The second-order valence-corrected chi connectivity index (χ2v) is 5.29. The van der Waals surface area contributed by atoms with Gasteiger partial charge in [-0.25, -0.2) is 4.79 Å². The number of halogens is 1. The summed E-state index contributed by atoms with van der Waals surface area (Å²) in [4.78, 5) is 23.6. The van der Waals surface area contributed by atoms with Gasteiger partial charge >= 0.3 is 5.97 Å². The van der Waals surface area contributed by atoms with Gasteiger partial charge in [-0.1, -0.05) is 24.4 Å². The van der Waals surface area contributed by atoms with Crippen molar-refractivity contribution in [1.82, 2.24) is 0 Å². The van der Waals surface area contributed by atoms with Crippen LogP contribution in [0.15, 0.2) is 18.2 Å². The van der Waals surface area contributed by atoms with E-state index in [1.807, 2.05) is 0 Å². The molecule has 1 amide bonds. The fraction of sp³-hybridized carbons (Fsp3) is 0.467. The Bertz CT molecular complexity index is 510. The van der Waals surface area contributed by atoms with Crippen LogP contribution in [0.3, 0.4) is 0 Å². The Morgan fingerprint density at radius 3 is 2.65 bits per heavy atom. The van der Waals surface area contributed by atoms with Gasteiger partial charge in [-0.05, 0) is 38.0 Å². The van der Waals surface area contributed by atoms with Gasteiger partial charge in [0.25, 0.3) is 0 Å². The monoisotopic (exact) mass is 295 g/mol. The molecule has 1 aromatic rings. The van der Waals surface area contributed by atoms with Crippen molar-refractivity contribution in [1.29, 1.82) is 0 Å². The SMILES string of the molecule is CCOC(=O)c1ccc(NC(=O)C2CCCC2)cc1Cl. The molecular formula is C15H18ClNO3. The van der Waals surface area contributed by atoms with Crippen LogP contribution in [0, 0.1) is 5.92 Å². The number of anilines is 1. The van der Waals surface area contributed by atoms with Crippen molar-refractivity contribution in [3.8, 4) is 0 Å². The first-order chi connectivity index (χ1) is 9.61. The number of ether oxygens (including phenoxy) is 1. The molecule has 0 atom stereocenters. The molecule has 0 heterocycles. The number of hydrogen-bond acceptors (Lipinski definition) is 3. The lowest BCUT2D eigenvalue weighted by Gasteiger charge is -2.11. The Kier molecular flexibility index (Phi) is 5.01.